The molecule has 0 radical (unpaired) electrons. The maximum Gasteiger partial charge on any atom is 0.255 e. The summed E-state index contributed by atoms with van der Waals surface area (Å²) in [5.74, 6) is 1.38. The van der Waals surface area contributed by atoms with Crippen LogP contribution in [0.4, 0.5) is 0 Å². The molecular formula is C17H22N2O3. The van der Waals surface area contributed by atoms with E-state index in [1.807, 2.05) is 38.1 Å². The maximum atomic E-state index is 12.2. The Bertz CT molecular complexity index is 708. The molecule has 0 bridgehead atoms. The number of hydrogen-bond donors (Lipinski definition) is 1. The van der Waals surface area contributed by atoms with Gasteiger partial charge in [0.1, 0.15) is 0 Å². The van der Waals surface area contributed by atoms with E-state index in [2.05, 4.69) is 0 Å². The molecule has 2 N–H and O–H groups in total. The van der Waals surface area contributed by atoms with Crippen LogP contribution >= 0.6 is 0 Å². The van der Waals surface area contributed by atoms with Crippen molar-refractivity contribution in [2.24, 2.45) is 12.8 Å². The van der Waals surface area contributed by atoms with E-state index in [0.29, 0.717) is 30.3 Å². The van der Waals surface area contributed by atoms with Crippen molar-refractivity contribution in [3.8, 4) is 22.8 Å². The van der Waals surface area contributed by atoms with Crippen molar-refractivity contribution < 1.29 is 9.47 Å². The lowest BCUT2D eigenvalue weighted by molar-refractivity contribution is 0.288. The molecule has 0 saturated carbocycles. The molecule has 2 rings (SSSR count). The summed E-state index contributed by atoms with van der Waals surface area (Å²) in [6, 6.07) is 9.35. The van der Waals surface area contributed by atoms with Crippen LogP contribution in [0.5, 0.6) is 11.5 Å². The molecule has 2 aromatic rings. The molecule has 0 fully saturated rings. The first-order valence-corrected chi connectivity index (χ1v) is 7.41. The molecule has 0 aliphatic carbocycles. The van der Waals surface area contributed by atoms with E-state index in [4.69, 9.17) is 15.2 Å². The molecule has 0 aliphatic rings. The summed E-state index contributed by atoms with van der Waals surface area (Å²) < 4.78 is 12.8. The van der Waals surface area contributed by atoms with Gasteiger partial charge in [0.05, 0.1) is 18.9 Å². The SMILES string of the molecule is CCOc1ccc(-c2ccc(CN)c(=O)n2C)cc1OCC. The molecule has 0 saturated heterocycles. The van der Waals surface area contributed by atoms with Gasteiger partial charge in [0.25, 0.3) is 5.56 Å². The third-order valence-electron chi connectivity index (χ3n) is 3.44. The highest BCUT2D eigenvalue weighted by molar-refractivity contribution is 5.64. The predicted molar refractivity (Wildman–Crippen MR) is 87.3 cm³/mol. The van der Waals surface area contributed by atoms with E-state index in [0.717, 1.165) is 11.3 Å². The van der Waals surface area contributed by atoms with Crippen molar-refractivity contribution in [2.75, 3.05) is 13.2 Å². The smallest absolute Gasteiger partial charge is 0.255 e. The van der Waals surface area contributed by atoms with Gasteiger partial charge in [0.15, 0.2) is 11.5 Å². The van der Waals surface area contributed by atoms with Crippen molar-refractivity contribution in [3.05, 3.63) is 46.2 Å². The highest BCUT2D eigenvalue weighted by Gasteiger charge is 2.11. The summed E-state index contributed by atoms with van der Waals surface area (Å²) in [6.07, 6.45) is 0. The van der Waals surface area contributed by atoms with Crippen LogP contribution in [0.25, 0.3) is 11.3 Å². The molecule has 5 nitrogen and oxygen atoms in total. The van der Waals surface area contributed by atoms with Gasteiger partial charge >= 0.3 is 0 Å². The van der Waals surface area contributed by atoms with Crippen LogP contribution in [0, 0.1) is 0 Å². The Balaban J connectivity index is 2.51. The molecule has 5 heteroatoms. The lowest BCUT2D eigenvalue weighted by atomic mass is 10.1. The second kappa shape index (κ2) is 7.13. The Labute approximate surface area is 130 Å². The lowest BCUT2D eigenvalue weighted by Gasteiger charge is -2.14. The fourth-order valence-electron chi connectivity index (χ4n) is 2.34. The van der Waals surface area contributed by atoms with Gasteiger partial charge in [0.2, 0.25) is 0 Å². The molecule has 1 aromatic carbocycles. The molecule has 1 heterocycles. The Kier molecular flexibility index (Phi) is 5.22. The number of ether oxygens (including phenoxy) is 2. The average Bonchev–Trinajstić information content (AvgIpc) is 2.52. The van der Waals surface area contributed by atoms with E-state index in [9.17, 15) is 4.79 Å². The number of rotatable bonds is 6. The molecular weight excluding hydrogens is 280 g/mol. The molecule has 0 spiro atoms. The lowest BCUT2D eigenvalue weighted by Crippen LogP contribution is -2.23. The first kappa shape index (κ1) is 16.1. The Morgan fingerprint density at radius 1 is 1.05 bits per heavy atom. The van der Waals surface area contributed by atoms with E-state index in [1.165, 1.54) is 0 Å². The Morgan fingerprint density at radius 2 is 1.73 bits per heavy atom. The Hall–Kier alpha value is -2.27. The Morgan fingerprint density at radius 3 is 2.36 bits per heavy atom. The highest BCUT2D eigenvalue weighted by Crippen LogP contribution is 2.32. The van der Waals surface area contributed by atoms with Crippen LogP contribution < -0.4 is 20.8 Å². The minimum absolute atomic E-state index is 0.0770. The van der Waals surface area contributed by atoms with Gasteiger partial charge in [-0.05, 0) is 38.1 Å². The van der Waals surface area contributed by atoms with E-state index in [1.54, 1.807) is 17.7 Å². The monoisotopic (exact) mass is 302 g/mol. The van der Waals surface area contributed by atoms with Gasteiger partial charge in [0, 0.05) is 24.7 Å². The number of benzene rings is 1. The summed E-state index contributed by atoms with van der Waals surface area (Å²) in [7, 11) is 1.74. The van der Waals surface area contributed by atoms with Crippen molar-refractivity contribution in [1.82, 2.24) is 4.57 Å². The van der Waals surface area contributed by atoms with Crippen LogP contribution in [0.2, 0.25) is 0 Å². The molecule has 0 atom stereocenters. The summed E-state index contributed by atoms with van der Waals surface area (Å²) in [6.45, 7) is 5.21. The molecule has 1 aromatic heterocycles. The second-order valence-corrected chi connectivity index (χ2v) is 4.84. The van der Waals surface area contributed by atoms with Crippen molar-refractivity contribution >= 4 is 0 Å². The van der Waals surface area contributed by atoms with Gasteiger partial charge in [-0.1, -0.05) is 6.07 Å². The zero-order valence-corrected chi connectivity index (χ0v) is 13.3. The molecule has 0 aliphatic heterocycles. The molecule has 0 amide bonds. The van der Waals surface area contributed by atoms with Gasteiger partial charge in [-0.25, -0.2) is 0 Å². The van der Waals surface area contributed by atoms with Crippen LogP contribution in [-0.4, -0.2) is 17.8 Å². The average molecular weight is 302 g/mol. The molecule has 118 valence electrons. The summed E-state index contributed by atoms with van der Waals surface area (Å²) >= 11 is 0. The predicted octanol–water partition coefficient (Wildman–Crippen LogP) is 2.31. The zero-order chi connectivity index (χ0) is 16.1. The largest absolute Gasteiger partial charge is 0.490 e. The minimum atomic E-state index is -0.0770. The molecule has 22 heavy (non-hydrogen) atoms. The minimum Gasteiger partial charge on any atom is -0.490 e. The van der Waals surface area contributed by atoms with Crippen LogP contribution in [0.3, 0.4) is 0 Å². The van der Waals surface area contributed by atoms with Crippen molar-refractivity contribution in [1.29, 1.82) is 0 Å². The van der Waals surface area contributed by atoms with E-state index < -0.39 is 0 Å². The quantitative estimate of drug-likeness (QED) is 0.889. The first-order valence-electron chi connectivity index (χ1n) is 7.41. The normalized spacial score (nSPS) is 10.5. The highest BCUT2D eigenvalue weighted by atomic mass is 16.5. The fraction of sp³-hybridized carbons (Fsp3) is 0.353. The third kappa shape index (κ3) is 3.14. The number of aromatic nitrogens is 1. The van der Waals surface area contributed by atoms with Crippen molar-refractivity contribution in [2.45, 2.75) is 20.4 Å². The first-order chi connectivity index (χ1) is 10.6. The van der Waals surface area contributed by atoms with Crippen LogP contribution in [0.15, 0.2) is 35.1 Å². The number of nitrogens with two attached hydrogens (primary N) is 1. The fourth-order valence-corrected chi connectivity index (χ4v) is 2.34. The molecule has 0 unspecified atom stereocenters. The summed E-state index contributed by atoms with van der Waals surface area (Å²) in [4.78, 5) is 12.2. The number of pyridine rings is 1. The van der Waals surface area contributed by atoms with Gasteiger partial charge in [-0.15, -0.1) is 0 Å². The van der Waals surface area contributed by atoms with Crippen LogP contribution in [-0.2, 0) is 13.6 Å². The maximum absolute atomic E-state index is 12.2. The van der Waals surface area contributed by atoms with Crippen molar-refractivity contribution in [3.63, 3.8) is 0 Å². The van der Waals surface area contributed by atoms with Gasteiger partial charge in [-0.3, -0.25) is 4.79 Å². The van der Waals surface area contributed by atoms with E-state index >= 15 is 0 Å². The standard InChI is InChI=1S/C17H22N2O3/c1-4-21-15-9-7-12(10-16(15)22-5-2)14-8-6-13(11-18)17(20)19(14)3/h6-10H,4-5,11,18H2,1-3H3. The van der Waals surface area contributed by atoms with Gasteiger partial charge < -0.3 is 19.8 Å². The van der Waals surface area contributed by atoms with Gasteiger partial charge in [-0.2, -0.15) is 0 Å². The summed E-state index contributed by atoms with van der Waals surface area (Å²) in [5.41, 5.74) is 7.81. The second-order valence-electron chi connectivity index (χ2n) is 4.84. The zero-order valence-electron chi connectivity index (χ0n) is 13.3. The summed E-state index contributed by atoms with van der Waals surface area (Å²) in [5, 5.41) is 0. The number of hydrogen-bond acceptors (Lipinski definition) is 4. The van der Waals surface area contributed by atoms with Crippen LogP contribution in [0.1, 0.15) is 19.4 Å². The topological polar surface area (TPSA) is 66.5 Å². The number of nitrogens with zero attached hydrogens (tertiary/aromatic N) is 1. The third-order valence-corrected chi connectivity index (χ3v) is 3.44. The van der Waals surface area contributed by atoms with E-state index in [-0.39, 0.29) is 12.1 Å².